The lowest BCUT2D eigenvalue weighted by molar-refractivity contribution is 0.166. The fraction of sp³-hybridized carbons (Fsp3) is 0.500. The Bertz CT molecular complexity index is 641. The van der Waals surface area contributed by atoms with Crippen LogP contribution >= 0.6 is 12.4 Å². The van der Waals surface area contributed by atoms with Gasteiger partial charge in [0.25, 0.3) is 0 Å². The smallest absolute Gasteiger partial charge is 0.127 e. The van der Waals surface area contributed by atoms with Gasteiger partial charge in [0, 0.05) is 6.54 Å². The summed E-state index contributed by atoms with van der Waals surface area (Å²) in [4.78, 5) is 7.49. The second-order valence-electron chi connectivity index (χ2n) is 6.27. The average molecular weight is 320 g/mol. The van der Waals surface area contributed by atoms with E-state index in [0.29, 0.717) is 6.04 Å². The standard InChI is InChI=1S/C18H25N3.ClH/c1-14(2)13-21-17-10-6-5-9-16(17)19-18(21)15(3)20-11-7-4-8-12-20;/h5-6,9-10,15H,1,4,7-8,11-13H2,2-3H3;1H. The third kappa shape index (κ3) is 3.36. The van der Waals surface area contributed by atoms with E-state index in [9.17, 15) is 0 Å². The number of hydrogen-bond acceptors (Lipinski definition) is 2. The minimum Gasteiger partial charge on any atom is -0.323 e. The Balaban J connectivity index is 0.00000176. The molecule has 3 nitrogen and oxygen atoms in total. The molecule has 0 amide bonds. The van der Waals surface area contributed by atoms with Gasteiger partial charge in [-0.05, 0) is 51.9 Å². The Hall–Kier alpha value is -1.32. The summed E-state index contributed by atoms with van der Waals surface area (Å²) < 4.78 is 2.34. The molecule has 3 rings (SSSR count). The highest BCUT2D eigenvalue weighted by Crippen LogP contribution is 2.27. The maximum atomic E-state index is 4.92. The zero-order valence-corrected chi connectivity index (χ0v) is 14.4. The van der Waals surface area contributed by atoms with Crippen molar-refractivity contribution in [2.24, 2.45) is 0 Å². The number of hydrogen-bond donors (Lipinski definition) is 0. The summed E-state index contributed by atoms with van der Waals surface area (Å²) in [5.41, 5.74) is 3.49. The van der Waals surface area contributed by atoms with Crippen molar-refractivity contribution in [3.63, 3.8) is 0 Å². The third-order valence-electron chi connectivity index (χ3n) is 4.42. The Morgan fingerprint density at radius 2 is 1.91 bits per heavy atom. The first-order valence-corrected chi connectivity index (χ1v) is 8.00. The molecule has 4 heteroatoms. The Kier molecular flexibility index (Phi) is 5.65. The molecule has 1 aliphatic rings. The van der Waals surface area contributed by atoms with Crippen LogP contribution in [0.2, 0.25) is 0 Å². The molecule has 1 aromatic carbocycles. The monoisotopic (exact) mass is 319 g/mol. The molecule has 2 aromatic rings. The SMILES string of the molecule is C=C(C)Cn1c(C(C)N2CCCCC2)nc2ccccc21.Cl. The van der Waals surface area contributed by atoms with Crippen LogP contribution in [0, 0.1) is 0 Å². The minimum absolute atomic E-state index is 0. The molecule has 1 fully saturated rings. The van der Waals surface area contributed by atoms with Crippen LogP contribution in [0.3, 0.4) is 0 Å². The fourth-order valence-corrected chi connectivity index (χ4v) is 3.32. The van der Waals surface area contributed by atoms with Crippen molar-refractivity contribution in [1.29, 1.82) is 0 Å². The minimum atomic E-state index is 0. The first-order valence-electron chi connectivity index (χ1n) is 8.00. The number of fused-ring (bicyclic) bond motifs is 1. The van der Waals surface area contributed by atoms with E-state index < -0.39 is 0 Å². The number of benzene rings is 1. The van der Waals surface area contributed by atoms with Gasteiger partial charge in [-0.2, -0.15) is 0 Å². The van der Waals surface area contributed by atoms with E-state index in [1.165, 1.54) is 49.3 Å². The van der Waals surface area contributed by atoms with Crippen LogP contribution in [0.5, 0.6) is 0 Å². The summed E-state index contributed by atoms with van der Waals surface area (Å²) in [7, 11) is 0. The average Bonchev–Trinajstić information content (AvgIpc) is 2.86. The molecular formula is C18H26ClN3. The van der Waals surface area contributed by atoms with Crippen LogP contribution in [0.4, 0.5) is 0 Å². The zero-order valence-electron chi connectivity index (χ0n) is 13.6. The van der Waals surface area contributed by atoms with Gasteiger partial charge < -0.3 is 4.57 Å². The van der Waals surface area contributed by atoms with E-state index in [-0.39, 0.29) is 12.4 Å². The molecular weight excluding hydrogens is 294 g/mol. The number of piperidine rings is 1. The Labute approximate surface area is 139 Å². The summed E-state index contributed by atoms with van der Waals surface area (Å²) >= 11 is 0. The van der Waals surface area contributed by atoms with Gasteiger partial charge in [0.1, 0.15) is 5.82 Å². The van der Waals surface area contributed by atoms with Crippen molar-refractivity contribution in [2.75, 3.05) is 13.1 Å². The number of aromatic nitrogens is 2. The van der Waals surface area contributed by atoms with Crippen LogP contribution in [-0.4, -0.2) is 27.5 Å². The predicted octanol–water partition coefficient (Wildman–Crippen LogP) is 4.58. The topological polar surface area (TPSA) is 21.1 Å². The molecule has 0 aliphatic carbocycles. The van der Waals surface area contributed by atoms with E-state index in [1.807, 2.05) is 0 Å². The second-order valence-corrected chi connectivity index (χ2v) is 6.27. The van der Waals surface area contributed by atoms with Gasteiger partial charge in [-0.1, -0.05) is 30.7 Å². The lowest BCUT2D eigenvalue weighted by Gasteiger charge is -2.32. The summed E-state index contributed by atoms with van der Waals surface area (Å²) in [6, 6.07) is 8.80. The van der Waals surface area contributed by atoms with E-state index in [0.717, 1.165) is 12.1 Å². The zero-order chi connectivity index (χ0) is 14.8. The van der Waals surface area contributed by atoms with Gasteiger partial charge in [-0.15, -0.1) is 12.4 Å². The number of allylic oxidation sites excluding steroid dienone is 1. The number of halogens is 1. The highest BCUT2D eigenvalue weighted by atomic mass is 35.5. The molecule has 1 unspecified atom stereocenters. The quantitative estimate of drug-likeness (QED) is 0.769. The first-order chi connectivity index (χ1) is 10.2. The fourth-order valence-electron chi connectivity index (χ4n) is 3.32. The summed E-state index contributed by atoms with van der Waals surface area (Å²) in [5, 5.41) is 0. The summed E-state index contributed by atoms with van der Waals surface area (Å²) in [5.74, 6) is 1.18. The molecule has 2 heterocycles. The third-order valence-corrected chi connectivity index (χ3v) is 4.42. The van der Waals surface area contributed by atoms with Crippen molar-refractivity contribution in [3.05, 3.63) is 42.2 Å². The molecule has 0 bridgehead atoms. The van der Waals surface area contributed by atoms with E-state index in [2.05, 4.69) is 54.2 Å². The predicted molar refractivity (Wildman–Crippen MR) is 95.6 cm³/mol. The second kappa shape index (κ2) is 7.30. The van der Waals surface area contributed by atoms with Crippen LogP contribution in [0.15, 0.2) is 36.4 Å². The number of likely N-dealkylation sites (tertiary alicyclic amines) is 1. The van der Waals surface area contributed by atoms with Gasteiger partial charge in [-0.3, -0.25) is 4.90 Å². The molecule has 1 aliphatic heterocycles. The Morgan fingerprint density at radius 1 is 1.23 bits per heavy atom. The van der Waals surface area contributed by atoms with Crippen molar-refractivity contribution in [1.82, 2.24) is 14.5 Å². The maximum Gasteiger partial charge on any atom is 0.127 e. The van der Waals surface area contributed by atoms with Gasteiger partial charge in [0.15, 0.2) is 0 Å². The van der Waals surface area contributed by atoms with Gasteiger partial charge >= 0.3 is 0 Å². The van der Waals surface area contributed by atoms with Crippen LogP contribution < -0.4 is 0 Å². The number of imidazole rings is 1. The van der Waals surface area contributed by atoms with Crippen molar-refractivity contribution in [3.8, 4) is 0 Å². The molecule has 120 valence electrons. The molecule has 1 aromatic heterocycles. The van der Waals surface area contributed by atoms with Crippen molar-refractivity contribution >= 4 is 23.4 Å². The van der Waals surface area contributed by atoms with E-state index in [1.54, 1.807) is 0 Å². The largest absolute Gasteiger partial charge is 0.323 e. The lowest BCUT2D eigenvalue weighted by Crippen LogP contribution is -2.33. The number of rotatable bonds is 4. The normalized spacial score (nSPS) is 17.2. The van der Waals surface area contributed by atoms with Crippen LogP contribution in [-0.2, 0) is 6.54 Å². The number of para-hydroxylation sites is 2. The van der Waals surface area contributed by atoms with Crippen LogP contribution in [0.1, 0.15) is 45.0 Å². The molecule has 0 spiro atoms. The van der Waals surface area contributed by atoms with E-state index >= 15 is 0 Å². The first kappa shape index (κ1) is 17.0. The number of nitrogens with zero attached hydrogens (tertiary/aromatic N) is 3. The van der Waals surface area contributed by atoms with Crippen LogP contribution in [0.25, 0.3) is 11.0 Å². The van der Waals surface area contributed by atoms with E-state index in [4.69, 9.17) is 4.98 Å². The molecule has 0 radical (unpaired) electrons. The van der Waals surface area contributed by atoms with Crippen molar-refractivity contribution in [2.45, 2.75) is 45.7 Å². The molecule has 1 atom stereocenters. The van der Waals surface area contributed by atoms with Gasteiger partial charge in [-0.25, -0.2) is 4.98 Å². The Morgan fingerprint density at radius 3 is 2.59 bits per heavy atom. The van der Waals surface area contributed by atoms with Gasteiger partial charge in [0.2, 0.25) is 0 Å². The lowest BCUT2D eigenvalue weighted by atomic mass is 10.1. The molecule has 0 N–H and O–H groups in total. The van der Waals surface area contributed by atoms with Crippen molar-refractivity contribution < 1.29 is 0 Å². The summed E-state index contributed by atoms with van der Waals surface area (Å²) in [6.45, 7) is 11.7. The summed E-state index contributed by atoms with van der Waals surface area (Å²) in [6.07, 6.45) is 3.99. The highest BCUT2D eigenvalue weighted by molar-refractivity contribution is 5.85. The molecule has 0 saturated carbocycles. The molecule has 22 heavy (non-hydrogen) atoms. The highest BCUT2D eigenvalue weighted by Gasteiger charge is 2.23. The van der Waals surface area contributed by atoms with Gasteiger partial charge in [0.05, 0.1) is 17.1 Å². The maximum absolute atomic E-state index is 4.92. The molecule has 1 saturated heterocycles.